The van der Waals surface area contributed by atoms with Gasteiger partial charge in [-0.05, 0) is 109 Å². The van der Waals surface area contributed by atoms with Crippen LogP contribution >= 0.6 is 0 Å². The summed E-state index contributed by atoms with van der Waals surface area (Å²) in [7, 11) is -8.44. The zero-order chi connectivity index (χ0) is 42.6. The van der Waals surface area contributed by atoms with E-state index in [1.54, 1.807) is 44.2 Å². The van der Waals surface area contributed by atoms with Gasteiger partial charge in [-0.15, -0.1) is 0 Å². The maximum absolute atomic E-state index is 13.1. The third-order valence-electron chi connectivity index (χ3n) is 8.54. The molecular weight excluding hydrogens is 876 g/mol. The van der Waals surface area contributed by atoms with Crippen molar-refractivity contribution in [2.45, 2.75) is 23.6 Å². The van der Waals surface area contributed by atoms with Crippen LogP contribution in [-0.2, 0) is 20.2 Å². The second kappa shape index (κ2) is 21.9. The van der Waals surface area contributed by atoms with Crippen LogP contribution in [-0.4, -0.2) is 44.9 Å². The molecule has 0 spiro atoms. The summed E-state index contributed by atoms with van der Waals surface area (Å²) in [4.78, 5) is 22.9. The van der Waals surface area contributed by atoms with E-state index in [1.807, 2.05) is 0 Å². The fraction of sp³-hybridized carbons (Fsp3) is 0.0769. The molecule has 2 N–H and O–H groups in total. The summed E-state index contributed by atoms with van der Waals surface area (Å²) in [6.07, 6.45) is 0. The van der Waals surface area contributed by atoms with Gasteiger partial charge in [-0.1, -0.05) is 23.9 Å². The summed E-state index contributed by atoms with van der Waals surface area (Å²) in [6.45, 7) is 3.46. The fourth-order valence-corrected chi connectivity index (χ4v) is 7.03. The van der Waals surface area contributed by atoms with Gasteiger partial charge < -0.3 is 29.6 Å². The zero-order valence-corrected chi connectivity index (χ0v) is 41.5. The molecule has 0 unspecified atom stereocenters. The number of benzene rings is 6. The quantitative estimate of drug-likeness (QED) is 0.0815. The Morgan fingerprint density at radius 3 is 1.85 bits per heavy atom. The molecule has 62 heavy (non-hydrogen) atoms. The molecule has 23 heteroatoms. The van der Waals surface area contributed by atoms with Crippen LogP contribution in [0.25, 0.3) is 10.8 Å². The minimum Gasteiger partial charge on any atom is -0.872 e. The van der Waals surface area contributed by atoms with Crippen molar-refractivity contribution in [2.75, 3.05) is 12.4 Å². The van der Waals surface area contributed by atoms with Crippen molar-refractivity contribution in [2.24, 2.45) is 30.7 Å². The van der Waals surface area contributed by atoms with Crippen LogP contribution in [0, 0.1) is 13.8 Å². The van der Waals surface area contributed by atoms with E-state index >= 15 is 0 Å². The van der Waals surface area contributed by atoms with Crippen molar-refractivity contribution >= 4 is 82.7 Å². The molecule has 0 aromatic heterocycles. The second-order valence-electron chi connectivity index (χ2n) is 12.6. The van der Waals surface area contributed by atoms with Crippen molar-refractivity contribution in [1.82, 2.24) is 0 Å². The molecule has 6 aromatic carbocycles. The van der Waals surface area contributed by atoms with Crippen LogP contribution in [0.1, 0.15) is 31.8 Å². The first-order chi connectivity index (χ1) is 27.9. The molecule has 0 atom stereocenters. The van der Waals surface area contributed by atoms with E-state index in [4.69, 9.17) is 4.74 Å². The maximum Gasteiger partial charge on any atom is 1.00 e. The van der Waals surface area contributed by atoms with Crippen LogP contribution in [0.2, 0.25) is 0 Å². The van der Waals surface area contributed by atoms with E-state index in [2.05, 4.69) is 36.0 Å². The summed E-state index contributed by atoms with van der Waals surface area (Å²) >= 11 is 0. The first-order valence-corrected chi connectivity index (χ1v) is 19.7. The van der Waals surface area contributed by atoms with Gasteiger partial charge in [0.15, 0.2) is 0 Å². The third kappa shape index (κ3) is 12.7. The first kappa shape index (κ1) is 52.1. The molecule has 300 valence electrons. The Morgan fingerprint density at radius 2 is 1.23 bits per heavy atom. The largest absolute Gasteiger partial charge is 1.00 e. The Hall–Kier alpha value is -4.26. The monoisotopic (exact) mass is 903 g/mol. The van der Waals surface area contributed by atoms with Gasteiger partial charge in [-0.3, -0.25) is 9.35 Å². The molecule has 1 amide bonds. The number of carbonyl (C=O) groups excluding carboxylic acids is 2. The van der Waals surface area contributed by atoms with E-state index in [0.29, 0.717) is 45.3 Å². The normalized spacial score (nSPS) is 11.6. The molecule has 0 aliphatic carbocycles. The van der Waals surface area contributed by atoms with Crippen molar-refractivity contribution in [3.05, 3.63) is 125 Å². The molecule has 0 fully saturated rings. The number of nitrogens with one attached hydrogen (secondary N) is 1. The topological polar surface area (TPSA) is 287 Å². The molecule has 6 aromatic rings. The van der Waals surface area contributed by atoms with Crippen LogP contribution in [0.5, 0.6) is 11.5 Å². The molecule has 0 heterocycles. The minimum atomic E-state index is -5.01. The zero-order valence-electron chi connectivity index (χ0n) is 33.8. The minimum absolute atomic E-state index is 0. The standard InChI is InChI=1S/C39H31N7O11S2.3Na/c1-21-15-25(11-13-31(21)45-44-27-18-29-28(37(19-27)59(54,55)56)5-4-6-36(29)58(51,52)53)43-46-32-20-35(57-3)33(16-22(32)2)40-38(48)23-7-9-24(10-8-23)41-42-26-12-14-34(47)30(17-26)39(49)50;;;/h4-20,47H,1-3H3,(H,40,48)(H,49,50)(H,51,52,53)(H,54,55,56);;;/q;3*+1/p-3. The summed E-state index contributed by atoms with van der Waals surface area (Å²) in [5.74, 6) is -2.50. The molecule has 18 nitrogen and oxygen atoms in total. The van der Waals surface area contributed by atoms with Crippen molar-refractivity contribution in [3.63, 3.8) is 0 Å². The van der Waals surface area contributed by atoms with Gasteiger partial charge in [0.2, 0.25) is 0 Å². The number of methoxy groups -OCH3 is 1. The van der Waals surface area contributed by atoms with Crippen LogP contribution < -0.4 is 109 Å². The summed E-state index contributed by atoms with van der Waals surface area (Å²) < 4.78 is 75.2. The fourth-order valence-electron chi connectivity index (χ4n) is 5.62. The number of ether oxygens (including phenoxy) is 1. The molecule has 0 saturated heterocycles. The number of aromatic carboxylic acids is 1. The Morgan fingerprint density at radius 1 is 0.645 bits per heavy atom. The Bertz CT molecular complexity index is 3010. The SMILES string of the molecule is COc1cc(N=Nc2ccc(N=Nc3cc(S(=O)(=O)O)c4cccc(S(=O)(=O)[O-])c4c3)c(C)c2)c(C)cc1NC(=O)c1ccc(N=Nc2ccc([O-])c(C(=O)[O-])c2)cc1.[Na+].[Na+].[Na+]. The number of amides is 1. The molecular formula is C39H28N7Na3O11S2. The van der Waals surface area contributed by atoms with Crippen molar-refractivity contribution in [1.29, 1.82) is 0 Å². The number of carboxylic acids is 1. The molecule has 6 rings (SSSR count). The predicted molar refractivity (Wildman–Crippen MR) is 208 cm³/mol. The predicted octanol–water partition coefficient (Wildman–Crippen LogP) is -1.44. The second-order valence-corrected chi connectivity index (χ2v) is 15.3. The van der Waals surface area contributed by atoms with Crippen LogP contribution in [0.15, 0.2) is 144 Å². The van der Waals surface area contributed by atoms with E-state index in [-0.39, 0.29) is 116 Å². The number of carboxylic acid groups (broad SMARTS) is 1. The van der Waals surface area contributed by atoms with Gasteiger partial charge in [-0.2, -0.15) is 39.1 Å². The Balaban J connectivity index is 0.00000341. The number of aryl methyl sites for hydroxylation is 2. The molecule has 0 aliphatic heterocycles. The van der Waals surface area contributed by atoms with Gasteiger partial charge in [0.25, 0.3) is 16.0 Å². The molecule has 0 bridgehead atoms. The third-order valence-corrected chi connectivity index (χ3v) is 10.3. The Kier molecular flexibility index (Phi) is 18.4. The van der Waals surface area contributed by atoms with Gasteiger partial charge in [-0.25, -0.2) is 8.42 Å². The first-order valence-electron chi connectivity index (χ1n) is 16.9. The molecule has 0 aliphatic rings. The smallest absolute Gasteiger partial charge is 0.872 e. The van der Waals surface area contributed by atoms with Crippen molar-refractivity contribution < 1.29 is 139 Å². The van der Waals surface area contributed by atoms with Gasteiger partial charge >= 0.3 is 88.7 Å². The molecule has 0 radical (unpaired) electrons. The van der Waals surface area contributed by atoms with Gasteiger partial charge in [0.05, 0.1) is 57.8 Å². The number of hydrogen-bond acceptors (Lipinski definition) is 16. The van der Waals surface area contributed by atoms with E-state index < -0.39 is 53.2 Å². The Labute approximate surface area is 421 Å². The van der Waals surface area contributed by atoms with Gasteiger partial charge in [0, 0.05) is 22.4 Å². The number of hydrogen-bond donors (Lipinski definition) is 2. The average molecular weight is 904 g/mol. The van der Waals surface area contributed by atoms with Crippen LogP contribution in [0.3, 0.4) is 0 Å². The van der Waals surface area contributed by atoms with E-state index in [1.165, 1.54) is 55.6 Å². The average Bonchev–Trinajstić information content (AvgIpc) is 3.18. The van der Waals surface area contributed by atoms with E-state index in [0.717, 1.165) is 24.3 Å². The number of fused-ring (bicyclic) bond motifs is 1. The summed E-state index contributed by atoms with van der Waals surface area (Å²) in [5, 5.41) is 49.9. The maximum atomic E-state index is 13.1. The van der Waals surface area contributed by atoms with E-state index in [9.17, 15) is 45.7 Å². The summed E-state index contributed by atoms with van der Waals surface area (Å²) in [5.41, 5.74) is 2.85. The number of azo groups is 3. The number of anilines is 1. The van der Waals surface area contributed by atoms with Crippen LogP contribution in [0.4, 0.5) is 39.8 Å². The van der Waals surface area contributed by atoms with Gasteiger partial charge in [0.1, 0.15) is 20.8 Å². The molecule has 0 saturated carbocycles. The number of nitrogens with zero attached hydrogens (tertiary/aromatic N) is 6. The van der Waals surface area contributed by atoms with Crippen molar-refractivity contribution in [3.8, 4) is 11.5 Å². The summed E-state index contributed by atoms with van der Waals surface area (Å²) in [6, 6.07) is 23.2. The number of rotatable bonds is 12. The number of carbonyl (C=O) groups is 2.